The smallest absolute Gasteiger partial charge is 0.170 e. The summed E-state index contributed by atoms with van der Waals surface area (Å²) in [5.74, 6) is 0.829. The number of benzene rings is 1. The first-order valence-electron chi connectivity index (χ1n) is 6.71. The second kappa shape index (κ2) is 6.24. The number of rotatable bonds is 4. The zero-order valence-corrected chi connectivity index (χ0v) is 13.3. The van der Waals surface area contributed by atoms with Crippen LogP contribution in [-0.2, 0) is 0 Å². The number of methoxy groups -OCH3 is 1. The molecular formula is C15H20N4OS. The van der Waals surface area contributed by atoms with Gasteiger partial charge >= 0.3 is 0 Å². The average Bonchev–Trinajstić information content (AvgIpc) is 2.45. The summed E-state index contributed by atoms with van der Waals surface area (Å²) < 4.78 is 5.55. The van der Waals surface area contributed by atoms with Crippen LogP contribution < -0.4 is 21.1 Å². The molecule has 0 atom stereocenters. The molecule has 2 rings (SSSR count). The number of fused-ring (bicyclic) bond motifs is 1. The van der Waals surface area contributed by atoms with E-state index in [1.54, 1.807) is 7.11 Å². The fourth-order valence-electron chi connectivity index (χ4n) is 2.36. The van der Waals surface area contributed by atoms with Gasteiger partial charge in [-0.05, 0) is 44.3 Å². The van der Waals surface area contributed by atoms with E-state index in [9.17, 15) is 0 Å². The van der Waals surface area contributed by atoms with Crippen molar-refractivity contribution in [1.29, 1.82) is 0 Å². The quantitative estimate of drug-likeness (QED) is 0.840. The Morgan fingerprint density at radius 2 is 2.10 bits per heavy atom. The monoisotopic (exact) mass is 304 g/mol. The normalized spacial score (nSPS) is 10.7. The molecule has 112 valence electrons. The lowest BCUT2D eigenvalue weighted by Crippen LogP contribution is -2.39. The van der Waals surface area contributed by atoms with Crippen molar-refractivity contribution in [2.24, 2.45) is 11.5 Å². The molecule has 0 spiro atoms. The Morgan fingerprint density at radius 1 is 1.38 bits per heavy atom. The molecule has 0 aliphatic rings. The SMILES string of the molecule is COc1c(C)c(C)nc2ccc(N(CCN)C(N)=S)cc12. The Labute approximate surface area is 129 Å². The van der Waals surface area contributed by atoms with Crippen LogP contribution in [0.4, 0.5) is 5.69 Å². The zero-order chi connectivity index (χ0) is 15.6. The van der Waals surface area contributed by atoms with E-state index in [2.05, 4.69) is 4.98 Å². The lowest BCUT2D eigenvalue weighted by molar-refractivity contribution is 0.416. The summed E-state index contributed by atoms with van der Waals surface area (Å²) in [5, 5.41) is 1.24. The van der Waals surface area contributed by atoms with E-state index in [-0.39, 0.29) is 0 Å². The topological polar surface area (TPSA) is 77.4 Å². The van der Waals surface area contributed by atoms with Crippen molar-refractivity contribution in [3.63, 3.8) is 0 Å². The van der Waals surface area contributed by atoms with Gasteiger partial charge in [-0.25, -0.2) is 0 Å². The van der Waals surface area contributed by atoms with Crippen molar-refractivity contribution in [3.05, 3.63) is 29.5 Å². The number of nitrogens with two attached hydrogens (primary N) is 2. The van der Waals surface area contributed by atoms with E-state index in [1.165, 1.54) is 0 Å². The molecule has 1 aromatic heterocycles. The first-order chi connectivity index (χ1) is 9.99. The van der Waals surface area contributed by atoms with E-state index in [4.69, 9.17) is 28.4 Å². The summed E-state index contributed by atoms with van der Waals surface area (Å²) in [6.45, 7) is 5.01. The minimum Gasteiger partial charge on any atom is -0.496 e. The van der Waals surface area contributed by atoms with E-state index >= 15 is 0 Å². The third-order valence-corrected chi connectivity index (χ3v) is 3.75. The van der Waals surface area contributed by atoms with Crippen LogP contribution in [0.1, 0.15) is 11.3 Å². The van der Waals surface area contributed by atoms with Crippen LogP contribution in [0, 0.1) is 13.8 Å². The predicted octanol–water partition coefficient (Wildman–Crippen LogP) is 1.87. The molecule has 0 aliphatic carbocycles. The minimum absolute atomic E-state index is 0.301. The van der Waals surface area contributed by atoms with Crippen LogP contribution in [0.15, 0.2) is 18.2 Å². The number of pyridine rings is 1. The van der Waals surface area contributed by atoms with Gasteiger partial charge < -0.3 is 21.1 Å². The van der Waals surface area contributed by atoms with Crippen LogP contribution in [-0.4, -0.2) is 30.3 Å². The Balaban J connectivity index is 2.64. The maximum Gasteiger partial charge on any atom is 0.170 e. The average molecular weight is 304 g/mol. The fourth-order valence-corrected chi connectivity index (χ4v) is 2.56. The minimum atomic E-state index is 0.301. The van der Waals surface area contributed by atoms with E-state index < -0.39 is 0 Å². The molecule has 1 heterocycles. The Morgan fingerprint density at radius 3 is 2.67 bits per heavy atom. The summed E-state index contributed by atoms with van der Waals surface area (Å²) in [6.07, 6.45) is 0. The molecule has 21 heavy (non-hydrogen) atoms. The molecule has 4 N–H and O–H groups in total. The standard InChI is InChI=1S/C15H20N4OS/c1-9-10(2)18-13-5-4-11(8-12(13)14(9)20-3)19(7-6-16)15(17)21/h4-5,8H,6-7,16H2,1-3H3,(H2,17,21). The highest BCUT2D eigenvalue weighted by molar-refractivity contribution is 7.80. The summed E-state index contributed by atoms with van der Waals surface area (Å²) in [5.41, 5.74) is 15.2. The van der Waals surface area contributed by atoms with Gasteiger partial charge in [0.25, 0.3) is 0 Å². The molecule has 0 saturated carbocycles. The first kappa shape index (κ1) is 15.5. The molecular weight excluding hydrogens is 284 g/mol. The fraction of sp³-hybridized carbons (Fsp3) is 0.333. The molecule has 0 amide bonds. The predicted molar refractivity (Wildman–Crippen MR) is 91.0 cm³/mol. The molecule has 0 bridgehead atoms. The first-order valence-corrected chi connectivity index (χ1v) is 7.12. The van der Waals surface area contributed by atoms with Gasteiger partial charge in [-0.3, -0.25) is 4.98 Å². The van der Waals surface area contributed by atoms with Crippen LogP contribution in [0.25, 0.3) is 10.9 Å². The third kappa shape index (κ3) is 2.91. The van der Waals surface area contributed by atoms with E-state index in [0.29, 0.717) is 18.2 Å². The van der Waals surface area contributed by atoms with Gasteiger partial charge in [0.2, 0.25) is 0 Å². The highest BCUT2D eigenvalue weighted by Crippen LogP contribution is 2.32. The van der Waals surface area contributed by atoms with Crippen molar-refractivity contribution >= 4 is 33.9 Å². The number of ether oxygens (including phenoxy) is 1. The van der Waals surface area contributed by atoms with Crippen LogP contribution in [0.2, 0.25) is 0 Å². The van der Waals surface area contributed by atoms with Gasteiger partial charge in [0, 0.05) is 35.4 Å². The van der Waals surface area contributed by atoms with Gasteiger partial charge in [0.1, 0.15) is 5.75 Å². The second-order valence-electron chi connectivity index (χ2n) is 4.84. The summed E-state index contributed by atoms with van der Waals surface area (Å²) in [7, 11) is 1.67. The maximum atomic E-state index is 5.78. The molecule has 0 aliphatic heterocycles. The van der Waals surface area contributed by atoms with Crippen LogP contribution in [0.5, 0.6) is 5.75 Å². The number of thiocarbonyl (C=S) groups is 1. The zero-order valence-electron chi connectivity index (χ0n) is 12.5. The molecule has 0 unspecified atom stereocenters. The van der Waals surface area contributed by atoms with E-state index in [0.717, 1.165) is 33.6 Å². The number of nitrogens with zero attached hydrogens (tertiary/aromatic N) is 2. The molecule has 0 saturated heterocycles. The van der Waals surface area contributed by atoms with Gasteiger partial charge in [0.05, 0.1) is 12.6 Å². The van der Waals surface area contributed by atoms with Gasteiger partial charge in [-0.1, -0.05) is 0 Å². The van der Waals surface area contributed by atoms with Crippen molar-refractivity contribution < 1.29 is 4.74 Å². The van der Waals surface area contributed by atoms with Gasteiger partial charge in [-0.15, -0.1) is 0 Å². The number of hydrogen-bond acceptors (Lipinski definition) is 4. The molecule has 0 radical (unpaired) electrons. The maximum absolute atomic E-state index is 5.78. The molecule has 6 heteroatoms. The lowest BCUT2D eigenvalue weighted by Gasteiger charge is -2.23. The third-order valence-electron chi connectivity index (χ3n) is 3.53. The van der Waals surface area contributed by atoms with Gasteiger partial charge in [-0.2, -0.15) is 0 Å². The lowest BCUT2D eigenvalue weighted by atomic mass is 10.1. The summed E-state index contributed by atoms with van der Waals surface area (Å²) in [4.78, 5) is 6.40. The van der Waals surface area contributed by atoms with Crippen LogP contribution >= 0.6 is 12.2 Å². The van der Waals surface area contributed by atoms with Crippen molar-refractivity contribution in [2.45, 2.75) is 13.8 Å². The highest BCUT2D eigenvalue weighted by Gasteiger charge is 2.14. The Bertz CT molecular complexity index is 687. The molecule has 2 aromatic rings. The number of aryl methyl sites for hydroxylation is 1. The Kier molecular flexibility index (Phi) is 4.59. The largest absolute Gasteiger partial charge is 0.496 e. The second-order valence-corrected chi connectivity index (χ2v) is 5.25. The number of hydrogen-bond donors (Lipinski definition) is 2. The van der Waals surface area contributed by atoms with Crippen molar-refractivity contribution in [3.8, 4) is 5.75 Å². The molecule has 0 fully saturated rings. The number of aromatic nitrogens is 1. The van der Waals surface area contributed by atoms with Crippen molar-refractivity contribution in [2.75, 3.05) is 25.1 Å². The summed E-state index contributed by atoms with van der Waals surface area (Å²) in [6, 6.07) is 5.88. The molecule has 5 nitrogen and oxygen atoms in total. The van der Waals surface area contributed by atoms with Gasteiger partial charge in [0.15, 0.2) is 5.11 Å². The van der Waals surface area contributed by atoms with E-state index in [1.807, 2.05) is 36.9 Å². The van der Waals surface area contributed by atoms with Crippen molar-refractivity contribution in [1.82, 2.24) is 4.98 Å². The van der Waals surface area contributed by atoms with Crippen LogP contribution in [0.3, 0.4) is 0 Å². The summed E-state index contributed by atoms with van der Waals surface area (Å²) >= 11 is 5.10. The number of anilines is 1. The highest BCUT2D eigenvalue weighted by atomic mass is 32.1. The molecule has 1 aromatic carbocycles. The Hall–Kier alpha value is -1.92.